The highest BCUT2D eigenvalue weighted by atomic mass is 16.8. The molecule has 4 aliphatic heterocycles. The van der Waals surface area contributed by atoms with E-state index in [1.165, 1.54) is 20.2 Å². The molecule has 398 valence electrons. The molecule has 24 unspecified atom stereocenters. The molecule has 0 amide bonds. The summed E-state index contributed by atoms with van der Waals surface area (Å²) in [5.74, 6) is -1.82. The van der Waals surface area contributed by atoms with Gasteiger partial charge in [-0.1, -0.05) is 25.5 Å². The maximum atomic E-state index is 13.6. The Kier molecular flexibility index (Phi) is 15.4. The topological polar surface area (TPSA) is 261 Å². The first kappa shape index (κ1) is 53.3. The van der Waals surface area contributed by atoms with Crippen LogP contribution in [0.15, 0.2) is 36.2 Å². The van der Waals surface area contributed by atoms with Crippen molar-refractivity contribution in [1.29, 1.82) is 0 Å². The minimum Gasteiger partial charge on any atom is -0.458 e. The number of nitrogens with zero attached hydrogens (tertiary/aromatic N) is 1. The Morgan fingerprint density at radius 2 is 1.28 bits per heavy atom. The van der Waals surface area contributed by atoms with Crippen LogP contribution in [0.4, 0.5) is 0 Å². The van der Waals surface area contributed by atoms with Gasteiger partial charge in [-0.3, -0.25) is 9.78 Å². The number of ether oxygens (including phenoxy) is 10. The van der Waals surface area contributed by atoms with E-state index >= 15 is 0 Å². The molecular weight excluding hydrogens is 927 g/mol. The highest BCUT2D eigenvalue weighted by Crippen LogP contribution is 2.70. The van der Waals surface area contributed by atoms with E-state index in [-0.39, 0.29) is 62.4 Å². The molecular formula is C52H77NO18. The maximum Gasteiger partial charge on any atom is 0.339 e. The molecule has 8 aliphatic rings. The Labute approximate surface area is 415 Å². The second-order valence-corrected chi connectivity index (χ2v) is 22.3. The predicted molar refractivity (Wildman–Crippen MR) is 248 cm³/mol. The number of pyridine rings is 1. The first-order valence-corrected chi connectivity index (χ1v) is 25.8. The van der Waals surface area contributed by atoms with Crippen LogP contribution in [-0.4, -0.2) is 176 Å². The number of esters is 1. The molecule has 1 aromatic heterocycles. The molecule has 0 bridgehead atoms. The average molecular weight is 1000 g/mol. The lowest BCUT2D eigenvalue weighted by Gasteiger charge is -2.66. The smallest absolute Gasteiger partial charge is 0.339 e. The van der Waals surface area contributed by atoms with Crippen LogP contribution in [0.3, 0.4) is 0 Å². The van der Waals surface area contributed by atoms with Crippen LogP contribution in [0.5, 0.6) is 0 Å². The van der Waals surface area contributed by atoms with Crippen molar-refractivity contribution in [3.8, 4) is 0 Å². The summed E-state index contributed by atoms with van der Waals surface area (Å²) < 4.78 is 61.4. The minimum absolute atomic E-state index is 0.0405. The standard InChI is InChI=1S/C52H77NO18/c1-25(54)33-13-16-52(61)50(33,7)39(68-48(59)30-10-9-17-53-24-30)23-38-49(6)14-12-32(18-31(49)11-15-51(38,52)60)67-40-19-34(55)45(27(3)64-40)69-41-20-35(56)46(28(4)65-41)70-42-21-36(57)47(29(5)66-42)71-43-22-37(62-8)44(58)26(2)63-43/h9-11,17,24,26-29,32-47,55-58,60-61H,12-16,18-23H2,1-8H3. The number of methoxy groups -OCH3 is 1. The van der Waals surface area contributed by atoms with Crippen molar-refractivity contribution in [2.45, 2.75) is 241 Å². The molecule has 4 aliphatic carbocycles. The van der Waals surface area contributed by atoms with Gasteiger partial charge in [-0.15, -0.1) is 0 Å². The average Bonchev–Trinajstić information content (AvgIpc) is 3.62. The van der Waals surface area contributed by atoms with Crippen LogP contribution < -0.4 is 0 Å². The first-order valence-electron chi connectivity index (χ1n) is 25.8. The van der Waals surface area contributed by atoms with Gasteiger partial charge >= 0.3 is 5.97 Å². The summed E-state index contributed by atoms with van der Waals surface area (Å²) in [7, 11) is 1.52. The van der Waals surface area contributed by atoms with Gasteiger partial charge in [0.05, 0.1) is 60.5 Å². The van der Waals surface area contributed by atoms with Crippen LogP contribution in [0.25, 0.3) is 0 Å². The molecule has 19 nitrogen and oxygen atoms in total. The summed E-state index contributed by atoms with van der Waals surface area (Å²) in [5, 5.41) is 70.0. The zero-order valence-electron chi connectivity index (χ0n) is 42.2. The fourth-order valence-corrected chi connectivity index (χ4v) is 14.2. The molecule has 19 heteroatoms. The molecule has 0 aromatic carbocycles. The fourth-order valence-electron chi connectivity index (χ4n) is 14.2. The Balaban J connectivity index is 0.780. The number of carbonyl (C=O) groups excluding carboxylic acids is 2. The van der Waals surface area contributed by atoms with Gasteiger partial charge in [-0.25, -0.2) is 4.79 Å². The molecule has 0 radical (unpaired) electrons. The van der Waals surface area contributed by atoms with Crippen LogP contribution in [0.1, 0.15) is 129 Å². The predicted octanol–water partition coefficient (Wildman–Crippen LogP) is 3.15. The van der Waals surface area contributed by atoms with Crippen LogP contribution in [-0.2, 0) is 52.2 Å². The molecule has 24 atom stereocenters. The minimum atomic E-state index is -1.71. The lowest BCUT2D eigenvalue weighted by molar-refractivity contribution is -0.344. The summed E-state index contributed by atoms with van der Waals surface area (Å²) in [5.41, 5.74) is -3.78. The van der Waals surface area contributed by atoms with Gasteiger partial charge < -0.3 is 78.0 Å². The van der Waals surface area contributed by atoms with E-state index in [2.05, 4.69) is 11.9 Å². The number of hydrogen-bond donors (Lipinski definition) is 6. The third-order valence-electron chi connectivity index (χ3n) is 18.2. The zero-order chi connectivity index (χ0) is 50.9. The second-order valence-electron chi connectivity index (χ2n) is 22.3. The molecule has 4 saturated heterocycles. The second kappa shape index (κ2) is 20.5. The number of fused-ring (bicyclic) bond motifs is 5. The largest absolute Gasteiger partial charge is 0.458 e. The number of Topliss-reactive ketones (excluding diaryl/α,β-unsaturated/α-hetero) is 1. The van der Waals surface area contributed by atoms with Crippen molar-refractivity contribution in [3.63, 3.8) is 0 Å². The molecule has 7 fully saturated rings. The summed E-state index contributed by atoms with van der Waals surface area (Å²) in [6.45, 7) is 12.4. The van der Waals surface area contributed by atoms with Crippen LogP contribution in [0.2, 0.25) is 0 Å². The van der Waals surface area contributed by atoms with Gasteiger partial charge in [0.25, 0.3) is 0 Å². The lowest BCUT2D eigenvalue weighted by Crippen LogP contribution is -2.75. The SMILES string of the molecule is COC1CC(OC2C(O)CC(OC3C(O)CC(OC4C(O)CC(OC5CCC6(C)C(=CCC7(O)C6CC(OC(=O)c6cccnc6)C6(C)C(C(C)=O)CCC76O)C5)OC4C)OC3C)OC2C)OC(C)C1O. The van der Waals surface area contributed by atoms with Crippen molar-refractivity contribution >= 4 is 11.8 Å². The van der Waals surface area contributed by atoms with Gasteiger partial charge in [-0.2, -0.15) is 0 Å². The van der Waals surface area contributed by atoms with E-state index in [9.17, 15) is 40.2 Å². The van der Waals surface area contributed by atoms with Crippen molar-refractivity contribution in [1.82, 2.24) is 4.98 Å². The molecule has 3 saturated carbocycles. The molecule has 1 aromatic rings. The van der Waals surface area contributed by atoms with Crippen LogP contribution in [0, 0.1) is 22.7 Å². The number of aromatic nitrogens is 1. The van der Waals surface area contributed by atoms with E-state index in [0.717, 1.165) is 5.57 Å². The molecule has 6 N–H and O–H groups in total. The number of hydrogen-bond acceptors (Lipinski definition) is 19. The van der Waals surface area contributed by atoms with Crippen molar-refractivity contribution in [2.24, 2.45) is 22.7 Å². The molecule has 9 rings (SSSR count). The first-order chi connectivity index (χ1) is 33.6. The summed E-state index contributed by atoms with van der Waals surface area (Å²) in [6.07, 6.45) is -5.06. The highest BCUT2D eigenvalue weighted by Gasteiger charge is 2.77. The van der Waals surface area contributed by atoms with E-state index in [1.807, 2.05) is 6.08 Å². The third kappa shape index (κ3) is 9.60. The van der Waals surface area contributed by atoms with Gasteiger partial charge in [0.1, 0.15) is 47.5 Å². The summed E-state index contributed by atoms with van der Waals surface area (Å²) in [6, 6.07) is 3.27. The van der Waals surface area contributed by atoms with Crippen molar-refractivity contribution in [3.05, 3.63) is 41.7 Å². The Bertz CT molecular complexity index is 2050. The van der Waals surface area contributed by atoms with Crippen molar-refractivity contribution < 1.29 is 87.6 Å². The lowest BCUT2D eigenvalue weighted by atomic mass is 9.43. The number of aliphatic hydroxyl groups excluding tert-OH is 4. The van der Waals surface area contributed by atoms with E-state index < -0.39 is 144 Å². The highest BCUT2D eigenvalue weighted by molar-refractivity contribution is 5.89. The fraction of sp³-hybridized carbons (Fsp3) is 0.827. The van der Waals surface area contributed by atoms with Gasteiger partial charge in [0, 0.05) is 62.4 Å². The number of ketones is 1. The normalized spacial score (nSPS) is 50.0. The van der Waals surface area contributed by atoms with E-state index in [1.54, 1.807) is 52.9 Å². The van der Waals surface area contributed by atoms with E-state index in [0.29, 0.717) is 25.7 Å². The summed E-state index contributed by atoms with van der Waals surface area (Å²) >= 11 is 0. The Morgan fingerprint density at radius 1 is 0.732 bits per heavy atom. The van der Waals surface area contributed by atoms with E-state index in [4.69, 9.17) is 47.4 Å². The number of rotatable bonds is 12. The third-order valence-corrected chi connectivity index (χ3v) is 18.2. The van der Waals surface area contributed by atoms with Gasteiger partial charge in [0.15, 0.2) is 25.2 Å². The Hall–Kier alpha value is -2.57. The van der Waals surface area contributed by atoms with Crippen LogP contribution >= 0.6 is 0 Å². The molecule has 5 heterocycles. The number of aliphatic hydroxyl groups is 6. The van der Waals surface area contributed by atoms with Gasteiger partial charge in [-0.05, 0) is 97.1 Å². The summed E-state index contributed by atoms with van der Waals surface area (Å²) in [4.78, 5) is 30.9. The maximum absolute atomic E-state index is 13.6. The molecule has 71 heavy (non-hydrogen) atoms. The van der Waals surface area contributed by atoms with Crippen molar-refractivity contribution in [2.75, 3.05) is 7.11 Å². The zero-order valence-corrected chi connectivity index (χ0v) is 42.2. The monoisotopic (exact) mass is 1000 g/mol. The molecule has 0 spiro atoms. The Morgan fingerprint density at radius 3 is 1.80 bits per heavy atom. The van der Waals surface area contributed by atoms with Gasteiger partial charge in [0.2, 0.25) is 0 Å². The number of carbonyl (C=O) groups is 2. The quantitative estimate of drug-likeness (QED) is 0.130.